The van der Waals surface area contributed by atoms with E-state index in [0.29, 0.717) is 12.1 Å². The predicted molar refractivity (Wildman–Crippen MR) is 105 cm³/mol. The summed E-state index contributed by atoms with van der Waals surface area (Å²) in [6.45, 7) is 6.66. The summed E-state index contributed by atoms with van der Waals surface area (Å²) < 4.78 is 0. The molecule has 0 amide bonds. The number of hydrogen-bond acceptors (Lipinski definition) is 4. The fourth-order valence-electron chi connectivity index (χ4n) is 2.45. The van der Waals surface area contributed by atoms with Crippen LogP contribution < -0.4 is 0 Å². The van der Waals surface area contributed by atoms with Crippen molar-refractivity contribution < 1.29 is 0 Å². The average Bonchev–Trinajstić information content (AvgIpc) is 2.48. The van der Waals surface area contributed by atoms with Gasteiger partial charge in [-0.2, -0.15) is 23.5 Å². The summed E-state index contributed by atoms with van der Waals surface area (Å²) in [7, 11) is 4.44. The standard InChI is InChI=1S/C18H32N2S2/c1-15(13-21-5)19(3)11-17-8-7-9-18(10-17)12-20(4)16(2)14-22-6/h7-10,15-16H,11-14H2,1-6H3/t15-,16-/m1/s1. The van der Waals surface area contributed by atoms with E-state index in [1.165, 1.54) is 22.6 Å². The fraction of sp³-hybridized carbons (Fsp3) is 0.667. The molecule has 0 fully saturated rings. The van der Waals surface area contributed by atoms with E-state index < -0.39 is 0 Å². The van der Waals surface area contributed by atoms with Crippen LogP contribution >= 0.6 is 23.5 Å². The van der Waals surface area contributed by atoms with Gasteiger partial charge in [0, 0.05) is 36.7 Å². The fourth-order valence-corrected chi connectivity index (χ4v) is 3.92. The Balaban J connectivity index is 2.62. The largest absolute Gasteiger partial charge is 0.299 e. The van der Waals surface area contributed by atoms with Gasteiger partial charge < -0.3 is 0 Å². The molecule has 0 aliphatic heterocycles. The number of rotatable bonds is 10. The minimum absolute atomic E-state index is 0.614. The highest BCUT2D eigenvalue weighted by Gasteiger charge is 2.11. The molecule has 0 aliphatic rings. The van der Waals surface area contributed by atoms with Crippen molar-refractivity contribution >= 4 is 23.5 Å². The maximum Gasteiger partial charge on any atom is 0.0233 e. The number of thioether (sulfide) groups is 2. The average molecular weight is 341 g/mol. The third-order valence-electron chi connectivity index (χ3n) is 4.18. The Morgan fingerprint density at radius 3 is 1.64 bits per heavy atom. The highest BCUT2D eigenvalue weighted by Crippen LogP contribution is 2.14. The molecule has 0 saturated heterocycles. The van der Waals surface area contributed by atoms with Crippen LogP contribution in [0, 0.1) is 0 Å². The van der Waals surface area contributed by atoms with Gasteiger partial charge in [0.25, 0.3) is 0 Å². The lowest BCUT2D eigenvalue weighted by molar-refractivity contribution is 0.265. The second kappa shape index (κ2) is 10.6. The molecular formula is C18H32N2S2. The molecule has 1 rings (SSSR count). The topological polar surface area (TPSA) is 6.48 Å². The molecule has 0 heterocycles. The molecule has 2 atom stereocenters. The van der Waals surface area contributed by atoms with E-state index in [-0.39, 0.29) is 0 Å². The Hall–Kier alpha value is -0.160. The van der Waals surface area contributed by atoms with Gasteiger partial charge in [-0.15, -0.1) is 0 Å². The van der Waals surface area contributed by atoms with E-state index in [0.717, 1.165) is 13.1 Å². The number of benzene rings is 1. The van der Waals surface area contributed by atoms with Crippen molar-refractivity contribution in [2.45, 2.75) is 39.0 Å². The molecule has 1 aromatic carbocycles. The Kier molecular flexibility index (Phi) is 9.57. The van der Waals surface area contributed by atoms with Gasteiger partial charge in [-0.05, 0) is 51.6 Å². The van der Waals surface area contributed by atoms with Crippen LogP contribution in [0.3, 0.4) is 0 Å². The first-order chi connectivity index (χ1) is 10.5. The van der Waals surface area contributed by atoms with Crippen LogP contribution in [0.15, 0.2) is 24.3 Å². The van der Waals surface area contributed by atoms with Crippen LogP contribution in [0.1, 0.15) is 25.0 Å². The lowest BCUT2D eigenvalue weighted by Crippen LogP contribution is -2.31. The number of hydrogen-bond donors (Lipinski definition) is 0. The molecule has 0 bridgehead atoms. The molecular weight excluding hydrogens is 308 g/mol. The van der Waals surface area contributed by atoms with Crippen LogP contribution in [-0.4, -0.2) is 60.0 Å². The van der Waals surface area contributed by atoms with Gasteiger partial charge in [-0.25, -0.2) is 0 Å². The Bertz CT molecular complexity index is 390. The monoisotopic (exact) mass is 340 g/mol. The van der Waals surface area contributed by atoms with Crippen molar-refractivity contribution in [3.8, 4) is 0 Å². The third kappa shape index (κ3) is 6.95. The third-order valence-corrected chi connectivity index (χ3v) is 5.81. The van der Waals surface area contributed by atoms with Crippen LogP contribution in [0.5, 0.6) is 0 Å². The summed E-state index contributed by atoms with van der Waals surface area (Å²) in [6, 6.07) is 10.3. The summed E-state index contributed by atoms with van der Waals surface area (Å²) in [5.41, 5.74) is 2.83. The van der Waals surface area contributed by atoms with Gasteiger partial charge >= 0.3 is 0 Å². The molecule has 0 aliphatic carbocycles. The zero-order chi connectivity index (χ0) is 16.5. The molecule has 1 aromatic rings. The van der Waals surface area contributed by atoms with Crippen LogP contribution in [0.25, 0.3) is 0 Å². The van der Waals surface area contributed by atoms with Crippen molar-refractivity contribution in [2.24, 2.45) is 0 Å². The lowest BCUT2D eigenvalue weighted by Gasteiger charge is -2.26. The maximum atomic E-state index is 2.44. The predicted octanol–water partition coefficient (Wildman–Crippen LogP) is 4.05. The van der Waals surface area contributed by atoms with Gasteiger partial charge in [0.2, 0.25) is 0 Å². The van der Waals surface area contributed by atoms with Gasteiger partial charge in [0.1, 0.15) is 0 Å². The Labute approximate surface area is 146 Å². The van der Waals surface area contributed by atoms with Crippen LogP contribution in [0.4, 0.5) is 0 Å². The second-order valence-corrected chi connectivity index (χ2v) is 8.08. The molecule has 0 spiro atoms. The van der Waals surface area contributed by atoms with E-state index in [9.17, 15) is 0 Å². The molecule has 0 aromatic heterocycles. The second-order valence-electron chi connectivity index (χ2n) is 6.26. The van der Waals surface area contributed by atoms with Gasteiger partial charge in [-0.1, -0.05) is 24.3 Å². The molecule has 0 saturated carbocycles. The summed E-state index contributed by atoms with van der Waals surface area (Å²) in [4.78, 5) is 4.88. The van der Waals surface area contributed by atoms with E-state index in [2.05, 4.69) is 74.5 Å². The molecule has 0 unspecified atom stereocenters. The first-order valence-electron chi connectivity index (χ1n) is 7.94. The minimum Gasteiger partial charge on any atom is -0.299 e. The molecule has 0 N–H and O–H groups in total. The minimum atomic E-state index is 0.614. The lowest BCUT2D eigenvalue weighted by atomic mass is 10.1. The highest BCUT2D eigenvalue weighted by molar-refractivity contribution is 7.98. The summed E-state index contributed by atoms with van der Waals surface area (Å²) in [5.74, 6) is 2.37. The Morgan fingerprint density at radius 2 is 1.27 bits per heavy atom. The highest BCUT2D eigenvalue weighted by atomic mass is 32.2. The summed E-state index contributed by atoms with van der Waals surface area (Å²) in [5, 5.41) is 0. The first kappa shape index (κ1) is 19.9. The first-order valence-corrected chi connectivity index (χ1v) is 10.7. The smallest absolute Gasteiger partial charge is 0.0233 e. The van der Waals surface area contributed by atoms with Gasteiger partial charge in [0.15, 0.2) is 0 Å². The van der Waals surface area contributed by atoms with Gasteiger partial charge in [-0.3, -0.25) is 9.80 Å². The molecule has 126 valence electrons. The normalized spacial score (nSPS) is 14.5. The van der Waals surface area contributed by atoms with E-state index in [1.54, 1.807) is 0 Å². The summed E-state index contributed by atoms with van der Waals surface area (Å²) >= 11 is 3.84. The van der Waals surface area contributed by atoms with Crippen molar-refractivity contribution in [2.75, 3.05) is 38.1 Å². The van der Waals surface area contributed by atoms with Crippen molar-refractivity contribution in [1.29, 1.82) is 0 Å². The van der Waals surface area contributed by atoms with Crippen LogP contribution in [-0.2, 0) is 13.1 Å². The van der Waals surface area contributed by atoms with Gasteiger partial charge in [0.05, 0.1) is 0 Å². The maximum absolute atomic E-state index is 2.44. The van der Waals surface area contributed by atoms with Crippen LogP contribution in [0.2, 0.25) is 0 Å². The molecule has 22 heavy (non-hydrogen) atoms. The molecule has 0 radical (unpaired) electrons. The van der Waals surface area contributed by atoms with Crippen molar-refractivity contribution in [1.82, 2.24) is 9.80 Å². The van der Waals surface area contributed by atoms with E-state index >= 15 is 0 Å². The SMILES string of the molecule is CSC[C@@H](C)N(C)Cc1cccc(CN(C)[C@H](C)CSC)c1. The quantitative estimate of drug-likeness (QED) is 0.633. The molecule has 2 nitrogen and oxygen atoms in total. The van der Waals surface area contributed by atoms with E-state index in [4.69, 9.17) is 0 Å². The summed E-state index contributed by atoms with van der Waals surface area (Å²) in [6.07, 6.45) is 4.35. The number of nitrogens with zero attached hydrogens (tertiary/aromatic N) is 2. The van der Waals surface area contributed by atoms with E-state index in [1.807, 2.05) is 23.5 Å². The van der Waals surface area contributed by atoms with Crippen molar-refractivity contribution in [3.63, 3.8) is 0 Å². The molecule has 4 heteroatoms. The zero-order valence-corrected chi connectivity index (χ0v) is 16.6. The zero-order valence-electron chi connectivity index (χ0n) is 15.0. The van der Waals surface area contributed by atoms with Crippen molar-refractivity contribution in [3.05, 3.63) is 35.4 Å². The Morgan fingerprint density at radius 1 is 0.864 bits per heavy atom.